The highest BCUT2D eigenvalue weighted by molar-refractivity contribution is 7.72. The van der Waals surface area contributed by atoms with Crippen LogP contribution in [0.2, 0.25) is 0 Å². The zero-order chi connectivity index (χ0) is 48.3. The van der Waals surface area contributed by atoms with E-state index in [1.807, 2.05) is 0 Å². The second-order valence-electron chi connectivity index (χ2n) is 14.8. The van der Waals surface area contributed by atoms with Crippen molar-refractivity contribution in [3.8, 4) is 11.1 Å². The Morgan fingerprint density at radius 2 is 0.873 bits per heavy atom. The maximum absolute atomic E-state index is 14.3. The van der Waals surface area contributed by atoms with Crippen LogP contribution in [-0.4, -0.2) is 171 Å². The number of para-hydroxylation sites is 1. The van der Waals surface area contributed by atoms with Crippen molar-refractivity contribution in [3.63, 3.8) is 0 Å². The van der Waals surface area contributed by atoms with Gasteiger partial charge in [0, 0.05) is 43.9 Å². The van der Waals surface area contributed by atoms with Gasteiger partial charge in [0.15, 0.2) is 5.54 Å². The lowest BCUT2D eigenvalue weighted by Crippen LogP contribution is -2.80. The van der Waals surface area contributed by atoms with E-state index in [1.165, 1.54) is 30.3 Å². The lowest BCUT2D eigenvalue weighted by molar-refractivity contribution is -0.949. The van der Waals surface area contributed by atoms with Crippen LogP contribution >= 0.6 is 60.8 Å². The molecule has 2 aromatic rings. The first kappa shape index (κ1) is 52.8. The molecular weight excluding hydrogens is 1020 g/mol. The van der Waals surface area contributed by atoms with E-state index in [1.54, 1.807) is 0 Å². The summed E-state index contributed by atoms with van der Waals surface area (Å²) < 4.78 is 103. The summed E-state index contributed by atoms with van der Waals surface area (Å²) in [6, 6.07) is 5.08. The Morgan fingerprint density at radius 1 is 0.508 bits per heavy atom. The maximum Gasteiger partial charge on any atom is 0.395 e. The Kier molecular flexibility index (Phi) is 14.1. The van der Waals surface area contributed by atoms with E-state index in [2.05, 4.69) is 0 Å². The van der Waals surface area contributed by atoms with E-state index in [4.69, 9.17) is 0 Å². The second-order valence-corrected chi connectivity index (χ2v) is 29.8. The standard InChI is InChI=1S/C25H40N4O26P8/c30-20(31)19-25-16-6-2-1-4-14(16)15-5-3-7-17(25)18(15)28(25)11-10-26(21(56(32,33)34)57(35,36)37)8-9-27(22(58(38,39)40)59(41,42)43)12-13-29(19,23(60(44,45)46)61(47,48)49)24(62(50,51)52)63(53,54)55/h1-7,19,21-24H,8-13H2,(H16-,30,31,32,33,34,35,36,37,38,39,40,41,42,43,44,45,46,47,48,49,50,51,52,53,54,55)/p+1. The largest absolute Gasteiger partial charge is 0.477 e. The summed E-state index contributed by atoms with van der Waals surface area (Å²) in [5.41, 5.74) is -19.1. The smallest absolute Gasteiger partial charge is 0.395 e. The Labute approximate surface area is 353 Å². The van der Waals surface area contributed by atoms with Gasteiger partial charge in [0.1, 0.15) is 0 Å². The van der Waals surface area contributed by atoms with Crippen molar-refractivity contribution in [2.45, 2.75) is 33.7 Å². The van der Waals surface area contributed by atoms with Crippen LogP contribution in [0.3, 0.4) is 0 Å². The SMILES string of the molecule is O=C(O)C1C23c4ccccc4-c4cccc2c4N3CCN(C(P(=O)(O)O)P(=O)(O)O)CCN(C(P(=O)(O)O)P(=O)(O)O)CC[N+]1(C(P(=O)(O)O)P(=O)(O)O)C(P(=O)(O)O)P(=O)(O)O. The number of quaternary nitrogens is 1. The fourth-order valence-electron chi connectivity index (χ4n) is 9.40. The van der Waals surface area contributed by atoms with Gasteiger partial charge in [0.25, 0.3) is 11.0 Å². The predicted octanol–water partition coefficient (Wildman–Crippen LogP) is -1.83. The average molecular weight is 1060 g/mol. The van der Waals surface area contributed by atoms with E-state index in [-0.39, 0.29) is 27.3 Å². The van der Waals surface area contributed by atoms with Gasteiger partial charge in [0.05, 0.1) is 12.2 Å². The summed E-state index contributed by atoms with van der Waals surface area (Å²) in [5, 5.41) is 11.5. The fraction of sp³-hybridized carbons (Fsp3) is 0.480. The van der Waals surface area contributed by atoms with E-state index in [0.717, 1.165) is 17.0 Å². The molecule has 4 bridgehead atoms. The number of hydrogen-bond acceptors (Lipinski definition) is 12. The van der Waals surface area contributed by atoms with Crippen LogP contribution in [0, 0.1) is 0 Å². The number of benzene rings is 2. The third kappa shape index (κ3) is 9.36. The zero-order valence-electron chi connectivity index (χ0n) is 31.3. The van der Waals surface area contributed by atoms with Gasteiger partial charge in [-0.2, -0.15) is 0 Å². The molecule has 0 amide bonds. The van der Waals surface area contributed by atoms with E-state index in [0.29, 0.717) is 4.90 Å². The van der Waals surface area contributed by atoms with Crippen LogP contribution < -0.4 is 4.90 Å². The highest BCUT2D eigenvalue weighted by atomic mass is 31.3. The first-order valence-corrected chi connectivity index (χ1v) is 30.6. The maximum atomic E-state index is 14.3. The molecule has 356 valence electrons. The molecule has 38 heteroatoms. The molecule has 1 saturated heterocycles. The lowest BCUT2D eigenvalue weighted by atomic mass is 9.60. The second kappa shape index (κ2) is 16.8. The first-order valence-electron chi connectivity index (χ1n) is 17.2. The topological polar surface area (TPSA) is 507 Å². The lowest BCUT2D eigenvalue weighted by Gasteiger charge is -2.65. The highest BCUT2D eigenvalue weighted by Gasteiger charge is 2.80. The van der Waals surface area contributed by atoms with Gasteiger partial charge in [-0.1, -0.05) is 42.5 Å². The van der Waals surface area contributed by atoms with Crippen molar-refractivity contribution >= 4 is 72.4 Å². The third-order valence-corrected chi connectivity index (χ3v) is 25.9. The van der Waals surface area contributed by atoms with Crippen LogP contribution in [-0.2, 0) is 46.9 Å². The average Bonchev–Trinajstić information content (AvgIpc) is 3.01. The van der Waals surface area contributed by atoms with Crippen LogP contribution in [0.15, 0.2) is 42.5 Å². The minimum Gasteiger partial charge on any atom is -0.477 e. The minimum absolute atomic E-state index is 0.0361. The summed E-state index contributed by atoms with van der Waals surface area (Å²) in [5.74, 6) is -2.61. The summed E-state index contributed by atoms with van der Waals surface area (Å²) in [4.78, 5) is 185. The zero-order valence-corrected chi connectivity index (χ0v) is 38.5. The molecule has 3 heterocycles. The Morgan fingerprint density at radius 3 is 1.27 bits per heavy atom. The van der Waals surface area contributed by atoms with Gasteiger partial charge in [-0.05, 0) is 11.1 Å². The molecule has 0 aromatic heterocycles. The molecule has 63 heavy (non-hydrogen) atoms. The number of hydrogen-bond donors (Lipinski definition) is 17. The van der Waals surface area contributed by atoms with Crippen molar-refractivity contribution in [1.29, 1.82) is 0 Å². The normalized spacial score (nSPS) is 22.3. The predicted molar refractivity (Wildman–Crippen MR) is 211 cm³/mol. The van der Waals surface area contributed by atoms with Crippen LogP contribution in [0.4, 0.5) is 5.69 Å². The third-order valence-electron chi connectivity index (χ3n) is 10.9. The van der Waals surface area contributed by atoms with Crippen LogP contribution in [0.25, 0.3) is 11.1 Å². The molecule has 6 rings (SSSR count). The van der Waals surface area contributed by atoms with E-state index >= 15 is 0 Å². The number of anilines is 1. The molecule has 0 radical (unpaired) electrons. The van der Waals surface area contributed by atoms with Gasteiger partial charge in [0.2, 0.25) is 17.1 Å². The van der Waals surface area contributed by atoms with Gasteiger partial charge in [-0.15, -0.1) is 0 Å². The molecule has 3 aliphatic heterocycles. The van der Waals surface area contributed by atoms with Crippen LogP contribution in [0.5, 0.6) is 0 Å². The van der Waals surface area contributed by atoms with Crippen LogP contribution in [0.1, 0.15) is 11.1 Å². The van der Waals surface area contributed by atoms with Gasteiger partial charge in [-0.25, -0.2) is 4.79 Å². The van der Waals surface area contributed by atoms with Crippen molar-refractivity contribution in [2.75, 3.05) is 44.2 Å². The number of aliphatic carboxylic acids is 1. The van der Waals surface area contributed by atoms with Gasteiger partial charge >= 0.3 is 66.7 Å². The molecule has 1 aliphatic carbocycles. The minimum atomic E-state index is -7.03. The number of carboxylic acid groups (broad SMARTS) is 1. The molecule has 2 aromatic carbocycles. The van der Waals surface area contributed by atoms with Crippen molar-refractivity contribution in [2.24, 2.45) is 0 Å². The van der Waals surface area contributed by atoms with E-state index in [9.17, 15) is 125 Å². The summed E-state index contributed by atoms with van der Waals surface area (Å²) >= 11 is 0. The molecule has 30 nitrogen and oxygen atoms in total. The van der Waals surface area contributed by atoms with E-state index < -0.39 is 150 Å². The molecule has 1 spiro atoms. The molecular formula is C25H41N4O26P8+. The quantitative estimate of drug-likeness (QED) is 0.0775. The Bertz CT molecular complexity index is 2430. The number of rotatable bonds is 13. The van der Waals surface area contributed by atoms with Gasteiger partial charge < -0.3 is 88.3 Å². The summed E-state index contributed by atoms with van der Waals surface area (Å²) in [6.45, 7) is -9.23. The van der Waals surface area contributed by atoms with Crippen molar-refractivity contribution < 1.29 is 129 Å². The number of carbonyl (C=O) groups is 1. The monoisotopic (exact) mass is 1060 g/mol. The fourth-order valence-corrected chi connectivity index (χ4v) is 22.5. The summed E-state index contributed by atoms with van der Waals surface area (Å²) in [7, 11) is -53.1. The number of carboxylic acids is 1. The molecule has 17 N–H and O–H groups in total. The molecule has 4 aliphatic rings. The summed E-state index contributed by atoms with van der Waals surface area (Å²) in [6.07, 6.45) is 0. The Balaban J connectivity index is 2.10. The van der Waals surface area contributed by atoms with Crippen molar-refractivity contribution in [1.82, 2.24) is 9.80 Å². The molecule has 2 unspecified atom stereocenters. The van der Waals surface area contributed by atoms with Gasteiger partial charge in [-0.3, -0.25) is 50.8 Å². The number of nitrogens with zero attached hydrogens (tertiary/aromatic N) is 4. The molecule has 0 saturated carbocycles. The molecule has 1 fully saturated rings. The molecule has 2 atom stereocenters. The Hall–Kier alpha value is -1.21. The van der Waals surface area contributed by atoms with Crippen molar-refractivity contribution in [3.05, 3.63) is 53.6 Å². The highest BCUT2D eigenvalue weighted by Crippen LogP contribution is 2.76. The first-order chi connectivity index (χ1) is 28.2.